The Morgan fingerprint density at radius 3 is 2.88 bits per heavy atom. The zero-order chi connectivity index (χ0) is 18.2. The Kier molecular flexibility index (Phi) is 7.54. The number of thioether (sulfide) groups is 1. The quantitative estimate of drug-likeness (QED) is 0.538. The fourth-order valence-corrected chi connectivity index (χ4v) is 3.77. The Hall–Kier alpha value is -1.77. The number of hydrogen-bond acceptors (Lipinski definition) is 7. The Bertz CT molecular complexity index is 751. The fourth-order valence-electron chi connectivity index (χ4n) is 1.86. The van der Waals surface area contributed by atoms with E-state index in [0.29, 0.717) is 28.8 Å². The third kappa shape index (κ3) is 6.22. The van der Waals surface area contributed by atoms with Crippen molar-refractivity contribution in [2.24, 2.45) is 0 Å². The van der Waals surface area contributed by atoms with Crippen molar-refractivity contribution in [3.63, 3.8) is 0 Å². The van der Waals surface area contributed by atoms with Gasteiger partial charge in [-0.05, 0) is 25.1 Å². The highest BCUT2D eigenvalue weighted by atomic mass is 35.5. The van der Waals surface area contributed by atoms with Crippen LogP contribution in [0.5, 0.6) is 5.75 Å². The van der Waals surface area contributed by atoms with Crippen molar-refractivity contribution in [3.8, 4) is 5.75 Å². The molecule has 0 unspecified atom stereocenters. The molecule has 1 aromatic heterocycles. The summed E-state index contributed by atoms with van der Waals surface area (Å²) in [5.74, 6) is 0.272. The lowest BCUT2D eigenvalue weighted by Crippen LogP contribution is -2.14. The van der Waals surface area contributed by atoms with Gasteiger partial charge in [-0.25, -0.2) is 4.98 Å². The lowest BCUT2D eigenvalue weighted by atomic mass is 10.3. The number of nitrogens with one attached hydrogen (secondary N) is 1. The maximum Gasteiger partial charge on any atom is 0.311 e. The molecule has 2 aromatic rings. The molecule has 134 valence electrons. The summed E-state index contributed by atoms with van der Waals surface area (Å²) in [7, 11) is 1.53. The highest BCUT2D eigenvalue weighted by Crippen LogP contribution is 2.28. The van der Waals surface area contributed by atoms with Crippen molar-refractivity contribution in [1.82, 2.24) is 4.98 Å². The van der Waals surface area contributed by atoms with Gasteiger partial charge in [0, 0.05) is 11.1 Å². The molecular weight excluding hydrogens is 384 g/mol. The number of ether oxygens (including phenoxy) is 2. The zero-order valence-electron chi connectivity index (χ0n) is 13.7. The lowest BCUT2D eigenvalue weighted by molar-refractivity contribution is -0.142. The van der Waals surface area contributed by atoms with Crippen molar-refractivity contribution in [2.45, 2.75) is 17.7 Å². The molecule has 2 rings (SSSR count). The van der Waals surface area contributed by atoms with Crippen LogP contribution in [0, 0.1) is 0 Å². The maximum absolute atomic E-state index is 12.0. The van der Waals surface area contributed by atoms with Gasteiger partial charge in [-0.1, -0.05) is 23.4 Å². The molecule has 0 bridgehead atoms. The van der Waals surface area contributed by atoms with E-state index in [9.17, 15) is 9.59 Å². The topological polar surface area (TPSA) is 77.5 Å². The van der Waals surface area contributed by atoms with Gasteiger partial charge < -0.3 is 14.8 Å². The Morgan fingerprint density at radius 1 is 1.40 bits per heavy atom. The number of rotatable bonds is 8. The number of esters is 1. The molecule has 25 heavy (non-hydrogen) atoms. The summed E-state index contributed by atoms with van der Waals surface area (Å²) >= 11 is 8.72. The average Bonchev–Trinajstić information content (AvgIpc) is 3.01. The second kappa shape index (κ2) is 9.65. The molecule has 0 saturated heterocycles. The second-order valence-corrected chi connectivity index (χ2v) is 7.26. The molecule has 0 radical (unpaired) electrons. The molecular formula is C16H17ClN2O4S2. The van der Waals surface area contributed by atoms with Gasteiger partial charge in [-0.2, -0.15) is 0 Å². The predicted molar refractivity (Wildman–Crippen MR) is 99.8 cm³/mol. The Labute approximate surface area is 158 Å². The molecule has 0 fully saturated rings. The van der Waals surface area contributed by atoms with Crippen molar-refractivity contribution in [3.05, 3.63) is 34.3 Å². The average molecular weight is 401 g/mol. The second-order valence-electron chi connectivity index (χ2n) is 4.77. The number of hydrogen-bond donors (Lipinski definition) is 1. The molecule has 1 aromatic carbocycles. The van der Waals surface area contributed by atoms with E-state index in [1.54, 1.807) is 30.5 Å². The van der Waals surface area contributed by atoms with E-state index in [-0.39, 0.29) is 24.1 Å². The molecule has 0 aliphatic heterocycles. The van der Waals surface area contributed by atoms with E-state index in [4.69, 9.17) is 21.1 Å². The lowest BCUT2D eigenvalue weighted by Gasteiger charge is -2.07. The standard InChI is InChI=1S/C16H17ClN2O4S2/c1-3-23-15(21)7-11-8-24-16(19-11)25-9-14(20)18-10-4-5-13(22-2)12(17)6-10/h4-6,8H,3,7,9H2,1-2H3,(H,18,20). The number of aromatic nitrogens is 1. The number of anilines is 1. The van der Waals surface area contributed by atoms with Crippen LogP contribution in [0.1, 0.15) is 12.6 Å². The Balaban J connectivity index is 1.83. The molecule has 0 aliphatic carbocycles. The molecule has 1 N–H and O–H groups in total. The highest BCUT2D eigenvalue weighted by Gasteiger charge is 2.11. The van der Waals surface area contributed by atoms with Crippen LogP contribution in [-0.4, -0.2) is 36.3 Å². The van der Waals surface area contributed by atoms with Crippen LogP contribution in [0.2, 0.25) is 5.02 Å². The number of carbonyl (C=O) groups is 2. The summed E-state index contributed by atoms with van der Waals surface area (Å²) in [6, 6.07) is 5.03. The smallest absolute Gasteiger partial charge is 0.311 e. The number of thiazole rings is 1. The molecule has 1 heterocycles. The number of benzene rings is 1. The normalized spacial score (nSPS) is 10.4. The van der Waals surface area contributed by atoms with Crippen LogP contribution in [-0.2, 0) is 20.7 Å². The summed E-state index contributed by atoms with van der Waals surface area (Å²) in [6.07, 6.45) is 0.140. The molecule has 0 spiro atoms. The monoisotopic (exact) mass is 400 g/mol. The van der Waals surface area contributed by atoms with E-state index >= 15 is 0 Å². The third-order valence-corrected chi connectivity index (χ3v) is 5.29. The first-order valence-corrected chi connectivity index (χ1v) is 9.62. The van der Waals surface area contributed by atoms with Gasteiger partial charge in [0.25, 0.3) is 0 Å². The molecule has 0 atom stereocenters. The molecule has 1 amide bonds. The summed E-state index contributed by atoms with van der Waals surface area (Å²) in [6.45, 7) is 2.11. The minimum Gasteiger partial charge on any atom is -0.495 e. The third-order valence-electron chi connectivity index (χ3n) is 2.92. The first kappa shape index (κ1) is 19.6. The van der Waals surface area contributed by atoms with Crippen LogP contribution in [0.3, 0.4) is 0 Å². The van der Waals surface area contributed by atoms with Crippen LogP contribution >= 0.6 is 34.7 Å². The Morgan fingerprint density at radius 2 is 2.20 bits per heavy atom. The van der Waals surface area contributed by atoms with Crippen molar-refractivity contribution < 1.29 is 19.1 Å². The summed E-state index contributed by atoms with van der Waals surface area (Å²) in [4.78, 5) is 27.7. The number of methoxy groups -OCH3 is 1. The zero-order valence-corrected chi connectivity index (χ0v) is 16.1. The summed E-state index contributed by atoms with van der Waals surface area (Å²) < 4.78 is 10.7. The van der Waals surface area contributed by atoms with E-state index in [1.807, 2.05) is 0 Å². The fraction of sp³-hybridized carbons (Fsp3) is 0.312. The SMILES string of the molecule is CCOC(=O)Cc1csc(SCC(=O)Nc2ccc(OC)c(Cl)c2)n1. The maximum atomic E-state index is 12.0. The predicted octanol–water partition coefficient (Wildman–Crippen LogP) is 3.64. The van der Waals surface area contributed by atoms with Gasteiger partial charge in [-0.15, -0.1) is 11.3 Å². The molecule has 9 heteroatoms. The van der Waals surface area contributed by atoms with E-state index in [2.05, 4.69) is 10.3 Å². The molecule has 0 aliphatic rings. The molecule has 6 nitrogen and oxygen atoms in total. The summed E-state index contributed by atoms with van der Waals surface area (Å²) in [5, 5.41) is 4.98. The minimum absolute atomic E-state index is 0.140. The van der Waals surface area contributed by atoms with Crippen LogP contribution in [0.15, 0.2) is 27.9 Å². The van der Waals surface area contributed by atoms with Gasteiger partial charge >= 0.3 is 5.97 Å². The van der Waals surface area contributed by atoms with Gasteiger partial charge in [0.05, 0.1) is 36.6 Å². The van der Waals surface area contributed by atoms with Gasteiger partial charge in [-0.3, -0.25) is 9.59 Å². The largest absolute Gasteiger partial charge is 0.495 e. The van der Waals surface area contributed by atoms with Crippen LogP contribution in [0.4, 0.5) is 5.69 Å². The van der Waals surface area contributed by atoms with E-state index in [1.165, 1.54) is 30.2 Å². The van der Waals surface area contributed by atoms with Crippen LogP contribution in [0.25, 0.3) is 0 Å². The van der Waals surface area contributed by atoms with Crippen molar-refractivity contribution in [2.75, 3.05) is 24.8 Å². The first-order chi connectivity index (χ1) is 12.0. The van der Waals surface area contributed by atoms with E-state index < -0.39 is 0 Å². The van der Waals surface area contributed by atoms with Crippen molar-refractivity contribution in [1.29, 1.82) is 0 Å². The van der Waals surface area contributed by atoms with Gasteiger partial charge in [0.15, 0.2) is 4.34 Å². The number of amides is 1. The number of halogens is 1. The van der Waals surface area contributed by atoms with Crippen LogP contribution < -0.4 is 10.1 Å². The van der Waals surface area contributed by atoms with E-state index in [0.717, 1.165) is 4.34 Å². The van der Waals surface area contributed by atoms with Crippen molar-refractivity contribution >= 4 is 52.3 Å². The minimum atomic E-state index is -0.307. The summed E-state index contributed by atoms with van der Waals surface area (Å²) in [5.41, 5.74) is 1.24. The highest BCUT2D eigenvalue weighted by molar-refractivity contribution is 8.01. The number of nitrogens with zero attached hydrogens (tertiary/aromatic N) is 1. The molecule has 0 saturated carbocycles. The van der Waals surface area contributed by atoms with Gasteiger partial charge in [0.1, 0.15) is 5.75 Å². The van der Waals surface area contributed by atoms with Gasteiger partial charge in [0.2, 0.25) is 5.91 Å². The first-order valence-electron chi connectivity index (χ1n) is 7.38. The number of carbonyl (C=O) groups excluding carboxylic acids is 2.